The number of H-pyrrole nitrogens is 1. The van der Waals surface area contributed by atoms with E-state index in [1.54, 1.807) is 6.20 Å². The Morgan fingerprint density at radius 3 is 3.06 bits per heavy atom. The van der Waals surface area contributed by atoms with Gasteiger partial charge in [-0.15, -0.1) is 0 Å². The Balaban J connectivity index is 1.91. The van der Waals surface area contributed by atoms with Gasteiger partial charge in [-0.25, -0.2) is 0 Å². The first-order valence-corrected chi connectivity index (χ1v) is 5.34. The normalized spacial score (nSPS) is 18.9. The van der Waals surface area contributed by atoms with Crippen LogP contribution in [-0.2, 0) is 6.42 Å². The van der Waals surface area contributed by atoms with Crippen molar-refractivity contribution in [1.29, 1.82) is 0 Å². The first-order valence-electron chi connectivity index (χ1n) is 5.34. The quantitative estimate of drug-likeness (QED) is 0.761. The molecule has 3 rings (SSSR count). The number of nitrogen functional groups attached to an aromatic ring is 1. The molecule has 0 saturated carbocycles. The molecule has 4 heteroatoms. The van der Waals surface area contributed by atoms with Crippen LogP contribution in [0.5, 0.6) is 5.75 Å². The van der Waals surface area contributed by atoms with Gasteiger partial charge in [0.2, 0.25) is 0 Å². The minimum absolute atomic E-state index is 0.275. The average molecular weight is 215 g/mol. The number of fused-ring (bicyclic) bond motifs is 1. The van der Waals surface area contributed by atoms with E-state index in [1.165, 1.54) is 5.56 Å². The number of hydrogen-bond donors (Lipinski definition) is 2. The van der Waals surface area contributed by atoms with Crippen LogP contribution in [0.15, 0.2) is 30.5 Å². The molecule has 0 aliphatic carbocycles. The van der Waals surface area contributed by atoms with E-state index in [1.807, 2.05) is 18.2 Å². The molecule has 4 nitrogen and oxygen atoms in total. The Morgan fingerprint density at radius 2 is 2.25 bits per heavy atom. The Hall–Kier alpha value is -1.97. The molecular formula is C12H13N3O. The van der Waals surface area contributed by atoms with E-state index in [4.69, 9.17) is 10.5 Å². The number of rotatable bonds is 1. The van der Waals surface area contributed by atoms with Crippen LogP contribution in [0.25, 0.3) is 0 Å². The third-order valence-corrected chi connectivity index (χ3v) is 2.99. The predicted molar refractivity (Wildman–Crippen MR) is 61.4 cm³/mol. The summed E-state index contributed by atoms with van der Waals surface area (Å²) in [6, 6.07) is 8.11. The van der Waals surface area contributed by atoms with E-state index in [9.17, 15) is 0 Å². The summed E-state index contributed by atoms with van der Waals surface area (Å²) in [5.41, 5.74) is 8.77. The van der Waals surface area contributed by atoms with Gasteiger partial charge in [0, 0.05) is 5.92 Å². The zero-order valence-corrected chi connectivity index (χ0v) is 8.81. The molecular weight excluding hydrogens is 202 g/mol. The van der Waals surface area contributed by atoms with E-state index in [-0.39, 0.29) is 5.92 Å². The number of nitrogens with one attached hydrogen (secondary N) is 1. The number of hydrogen-bond acceptors (Lipinski definition) is 3. The lowest BCUT2D eigenvalue weighted by atomic mass is 9.93. The molecule has 3 N–H and O–H groups in total. The predicted octanol–water partition coefficient (Wildman–Crippen LogP) is 1.71. The number of nitrogens with two attached hydrogens (primary N) is 1. The molecule has 16 heavy (non-hydrogen) atoms. The molecule has 1 aliphatic rings. The molecule has 1 unspecified atom stereocenters. The van der Waals surface area contributed by atoms with Crippen molar-refractivity contribution in [1.82, 2.24) is 10.2 Å². The first-order chi connectivity index (χ1) is 7.84. The lowest BCUT2D eigenvalue weighted by Gasteiger charge is -2.24. The molecule has 82 valence electrons. The molecule has 0 bridgehead atoms. The van der Waals surface area contributed by atoms with E-state index in [0.29, 0.717) is 12.3 Å². The Kier molecular flexibility index (Phi) is 2.06. The van der Waals surface area contributed by atoms with Gasteiger partial charge in [-0.05, 0) is 18.1 Å². The summed E-state index contributed by atoms with van der Waals surface area (Å²) in [6.07, 6.45) is 2.60. The number of aromatic amines is 1. The fourth-order valence-electron chi connectivity index (χ4n) is 2.15. The van der Waals surface area contributed by atoms with E-state index >= 15 is 0 Å². The first kappa shape index (κ1) is 9.27. The molecule has 0 amide bonds. The zero-order chi connectivity index (χ0) is 11.0. The van der Waals surface area contributed by atoms with Crippen LogP contribution in [0, 0.1) is 0 Å². The van der Waals surface area contributed by atoms with Gasteiger partial charge in [-0.2, -0.15) is 5.10 Å². The minimum atomic E-state index is 0.275. The number of benzene rings is 1. The van der Waals surface area contributed by atoms with Crippen molar-refractivity contribution in [3.8, 4) is 5.75 Å². The highest BCUT2D eigenvalue weighted by Crippen LogP contribution is 2.32. The summed E-state index contributed by atoms with van der Waals surface area (Å²) >= 11 is 0. The summed E-state index contributed by atoms with van der Waals surface area (Å²) in [5, 5.41) is 6.90. The summed E-state index contributed by atoms with van der Waals surface area (Å²) in [4.78, 5) is 0. The second-order valence-corrected chi connectivity index (χ2v) is 4.06. The van der Waals surface area contributed by atoms with E-state index < -0.39 is 0 Å². The van der Waals surface area contributed by atoms with Crippen LogP contribution in [0.3, 0.4) is 0 Å². The van der Waals surface area contributed by atoms with Crippen molar-refractivity contribution in [2.45, 2.75) is 12.3 Å². The van der Waals surface area contributed by atoms with E-state index in [0.717, 1.165) is 17.9 Å². The molecule has 2 aromatic rings. The highest BCUT2D eigenvalue weighted by atomic mass is 16.5. The Labute approximate surface area is 93.4 Å². The Morgan fingerprint density at radius 1 is 1.38 bits per heavy atom. The van der Waals surface area contributed by atoms with Gasteiger partial charge in [0.1, 0.15) is 5.75 Å². The lowest BCUT2D eigenvalue weighted by molar-refractivity contribution is 0.260. The molecule has 2 heterocycles. The second kappa shape index (κ2) is 3.56. The summed E-state index contributed by atoms with van der Waals surface area (Å²) in [6.45, 7) is 0.656. The van der Waals surface area contributed by atoms with Crippen LogP contribution in [0.2, 0.25) is 0 Å². The minimum Gasteiger partial charge on any atom is -0.493 e. The van der Waals surface area contributed by atoms with Gasteiger partial charge in [0.25, 0.3) is 0 Å². The number of ether oxygens (including phenoxy) is 1. The van der Waals surface area contributed by atoms with Gasteiger partial charge < -0.3 is 10.5 Å². The molecule has 1 aliphatic heterocycles. The molecule has 0 saturated heterocycles. The highest BCUT2D eigenvalue weighted by Gasteiger charge is 2.23. The highest BCUT2D eigenvalue weighted by molar-refractivity contribution is 5.45. The van der Waals surface area contributed by atoms with Crippen molar-refractivity contribution in [3.05, 3.63) is 41.7 Å². The summed E-state index contributed by atoms with van der Waals surface area (Å²) in [5.74, 6) is 1.26. The topological polar surface area (TPSA) is 63.9 Å². The van der Waals surface area contributed by atoms with Crippen LogP contribution >= 0.6 is 0 Å². The average Bonchev–Trinajstić information content (AvgIpc) is 2.75. The van der Waals surface area contributed by atoms with Crippen molar-refractivity contribution in [2.75, 3.05) is 12.3 Å². The fourth-order valence-corrected chi connectivity index (χ4v) is 2.15. The number of anilines is 1. The largest absolute Gasteiger partial charge is 0.493 e. The van der Waals surface area contributed by atoms with Crippen molar-refractivity contribution >= 4 is 5.69 Å². The molecule has 1 atom stereocenters. The van der Waals surface area contributed by atoms with Crippen molar-refractivity contribution < 1.29 is 4.74 Å². The Bertz CT molecular complexity index is 506. The smallest absolute Gasteiger partial charge is 0.122 e. The summed E-state index contributed by atoms with van der Waals surface area (Å²) in [7, 11) is 0. The van der Waals surface area contributed by atoms with Gasteiger partial charge in [-0.3, -0.25) is 5.10 Å². The third kappa shape index (κ3) is 1.43. The molecule has 0 fully saturated rings. The molecule has 0 radical (unpaired) electrons. The maximum absolute atomic E-state index is 5.84. The van der Waals surface area contributed by atoms with Gasteiger partial charge >= 0.3 is 0 Å². The number of aromatic nitrogens is 2. The lowest BCUT2D eigenvalue weighted by Crippen LogP contribution is -2.20. The summed E-state index contributed by atoms with van der Waals surface area (Å²) < 4.78 is 5.71. The molecule has 1 aromatic carbocycles. The molecule has 0 spiro atoms. The van der Waals surface area contributed by atoms with Crippen LogP contribution < -0.4 is 10.5 Å². The van der Waals surface area contributed by atoms with Crippen molar-refractivity contribution in [2.24, 2.45) is 0 Å². The standard InChI is InChI=1S/C12H13N3O/c13-10-6-14-15-12(10)9-5-8-3-1-2-4-11(8)16-7-9/h1-4,6,9H,5,7,13H2,(H,14,15). The maximum atomic E-state index is 5.84. The van der Waals surface area contributed by atoms with E-state index in [2.05, 4.69) is 16.3 Å². The van der Waals surface area contributed by atoms with Crippen LogP contribution in [0.1, 0.15) is 17.2 Å². The van der Waals surface area contributed by atoms with Gasteiger partial charge in [0.05, 0.1) is 24.2 Å². The maximum Gasteiger partial charge on any atom is 0.122 e. The van der Waals surface area contributed by atoms with Gasteiger partial charge in [-0.1, -0.05) is 18.2 Å². The number of nitrogens with zero attached hydrogens (tertiary/aromatic N) is 1. The zero-order valence-electron chi connectivity index (χ0n) is 8.81. The van der Waals surface area contributed by atoms with Crippen LogP contribution in [-0.4, -0.2) is 16.8 Å². The van der Waals surface area contributed by atoms with Gasteiger partial charge in [0.15, 0.2) is 0 Å². The molecule has 1 aromatic heterocycles. The third-order valence-electron chi connectivity index (χ3n) is 2.99. The number of para-hydroxylation sites is 1. The second-order valence-electron chi connectivity index (χ2n) is 4.06. The van der Waals surface area contributed by atoms with Crippen molar-refractivity contribution in [3.63, 3.8) is 0 Å². The monoisotopic (exact) mass is 215 g/mol. The van der Waals surface area contributed by atoms with Crippen LogP contribution in [0.4, 0.5) is 5.69 Å². The fraction of sp³-hybridized carbons (Fsp3) is 0.250. The SMILES string of the molecule is Nc1cn[nH]c1C1COc2ccccc2C1.